The first-order valence-corrected chi connectivity index (χ1v) is 11.8. The van der Waals surface area contributed by atoms with Gasteiger partial charge in [0.05, 0.1) is 17.0 Å². The number of nitrogens with one attached hydrogen (secondary N) is 1. The van der Waals surface area contributed by atoms with Crippen molar-refractivity contribution in [2.24, 2.45) is 11.8 Å². The zero-order chi connectivity index (χ0) is 24.8. The van der Waals surface area contributed by atoms with Gasteiger partial charge in [-0.2, -0.15) is 0 Å². The summed E-state index contributed by atoms with van der Waals surface area (Å²) in [7, 11) is 0. The van der Waals surface area contributed by atoms with Crippen LogP contribution < -0.4 is 5.32 Å². The second kappa shape index (κ2) is 8.64. The average molecular weight is 482 g/mol. The summed E-state index contributed by atoms with van der Waals surface area (Å²) >= 11 is 0. The molecule has 1 N–H and O–H groups in total. The molecule has 6 rings (SSSR count). The third-order valence-electron chi connectivity index (χ3n) is 7.02. The Morgan fingerprint density at radius 2 is 1.33 bits per heavy atom. The molecule has 3 aromatic rings. The lowest BCUT2D eigenvalue weighted by atomic mass is 9.98. The highest BCUT2D eigenvalue weighted by atomic mass is 16.7. The quantitative estimate of drug-likeness (QED) is 0.535. The van der Waals surface area contributed by atoms with Crippen molar-refractivity contribution in [3.63, 3.8) is 0 Å². The summed E-state index contributed by atoms with van der Waals surface area (Å²) in [4.78, 5) is 54.7. The fourth-order valence-electron chi connectivity index (χ4n) is 5.03. The summed E-state index contributed by atoms with van der Waals surface area (Å²) in [5, 5.41) is 3.23. The number of carbonyl (C=O) groups excluding carboxylic acids is 4. The number of amides is 3. The van der Waals surface area contributed by atoms with E-state index in [1.165, 1.54) is 12.1 Å². The van der Waals surface area contributed by atoms with Crippen molar-refractivity contribution < 1.29 is 28.8 Å². The third-order valence-corrected chi connectivity index (χ3v) is 7.02. The van der Waals surface area contributed by atoms with Crippen molar-refractivity contribution >= 4 is 23.9 Å². The Hall–Kier alpha value is -4.46. The highest BCUT2D eigenvalue weighted by Crippen LogP contribution is 2.44. The molecule has 180 valence electrons. The number of hydrogen-bond acceptors (Lipinski definition) is 6. The zero-order valence-electron chi connectivity index (χ0n) is 19.2. The maximum atomic E-state index is 12.5. The van der Waals surface area contributed by atoms with Gasteiger partial charge in [0.2, 0.25) is 0 Å². The summed E-state index contributed by atoms with van der Waals surface area (Å²) in [5.41, 5.74) is 4.98. The van der Waals surface area contributed by atoms with Crippen LogP contribution in [0.2, 0.25) is 0 Å². The van der Waals surface area contributed by atoms with Crippen LogP contribution in [0.1, 0.15) is 44.2 Å². The molecule has 0 radical (unpaired) electrons. The molecule has 1 fully saturated rings. The van der Waals surface area contributed by atoms with Gasteiger partial charge in [0.25, 0.3) is 11.8 Å². The van der Waals surface area contributed by atoms with Gasteiger partial charge in [-0.25, -0.2) is 9.59 Å². The van der Waals surface area contributed by atoms with E-state index >= 15 is 0 Å². The van der Waals surface area contributed by atoms with Crippen LogP contribution in [0.15, 0.2) is 72.8 Å². The molecule has 0 aromatic heterocycles. The Morgan fingerprint density at radius 3 is 1.92 bits per heavy atom. The number of rotatable bonds is 6. The molecule has 8 nitrogen and oxygen atoms in total. The number of alkyl carbamates (subject to hydrolysis) is 1. The van der Waals surface area contributed by atoms with Crippen molar-refractivity contribution in [1.29, 1.82) is 0 Å². The number of carbonyl (C=O) groups is 4. The first-order chi connectivity index (χ1) is 17.5. The molecule has 1 heterocycles. The Morgan fingerprint density at radius 1 is 0.806 bits per heavy atom. The van der Waals surface area contributed by atoms with Gasteiger partial charge >= 0.3 is 12.1 Å². The number of ether oxygens (including phenoxy) is 1. The maximum absolute atomic E-state index is 12.5. The molecule has 3 aliphatic rings. The molecule has 0 spiro atoms. The first-order valence-electron chi connectivity index (χ1n) is 11.8. The van der Waals surface area contributed by atoms with Gasteiger partial charge in [-0.1, -0.05) is 65.7 Å². The molecule has 2 atom stereocenters. The second-order valence-corrected chi connectivity index (χ2v) is 9.17. The van der Waals surface area contributed by atoms with Gasteiger partial charge in [-0.3, -0.25) is 9.59 Å². The minimum atomic E-state index is -0.663. The summed E-state index contributed by atoms with van der Waals surface area (Å²) in [6.07, 6.45) is -0.0673. The molecule has 1 aliphatic heterocycles. The molecule has 0 bridgehead atoms. The van der Waals surface area contributed by atoms with Gasteiger partial charge in [0.1, 0.15) is 6.61 Å². The van der Waals surface area contributed by atoms with Crippen LogP contribution in [0.4, 0.5) is 4.79 Å². The summed E-state index contributed by atoms with van der Waals surface area (Å²) in [5.74, 6) is -2.65. The summed E-state index contributed by atoms with van der Waals surface area (Å²) in [6, 6.07) is 22.5. The molecule has 36 heavy (non-hydrogen) atoms. The number of imide groups is 1. The monoisotopic (exact) mass is 482 g/mol. The second-order valence-electron chi connectivity index (χ2n) is 9.17. The average Bonchev–Trinajstić information content (AvgIpc) is 3.57. The SMILES string of the molecule is O=C(NC[C@H]1C[C@H]1C(=O)ON1C(=O)c2ccccc2C1=O)OCC1c2ccccc2-c2ccccc21. The number of hydroxylamine groups is 2. The maximum Gasteiger partial charge on any atom is 0.407 e. The van der Waals surface area contributed by atoms with E-state index < -0.39 is 29.8 Å². The molecule has 8 heteroatoms. The topological polar surface area (TPSA) is 102 Å². The summed E-state index contributed by atoms with van der Waals surface area (Å²) < 4.78 is 5.52. The predicted molar refractivity (Wildman–Crippen MR) is 128 cm³/mol. The lowest BCUT2D eigenvalue weighted by molar-refractivity contribution is -0.170. The Bertz CT molecular complexity index is 1340. The van der Waals surface area contributed by atoms with Crippen LogP contribution in [0.5, 0.6) is 0 Å². The molecule has 0 saturated heterocycles. The standard InChI is InChI=1S/C28H22N2O6/c31-25-21-11-5-6-12-22(21)26(32)30(25)36-27(33)23-13-16(23)14-29-28(34)35-15-24-19-9-3-1-7-17(19)18-8-2-4-10-20(18)24/h1-12,16,23-24H,13-15H2,(H,29,34)/t16-,23-/m1/s1. The van der Waals surface area contributed by atoms with Crippen LogP contribution in [0.25, 0.3) is 11.1 Å². The molecular weight excluding hydrogens is 460 g/mol. The lowest BCUT2D eigenvalue weighted by Crippen LogP contribution is -2.34. The largest absolute Gasteiger partial charge is 0.449 e. The van der Waals surface area contributed by atoms with Gasteiger partial charge in [0, 0.05) is 12.5 Å². The predicted octanol–water partition coefficient (Wildman–Crippen LogP) is 3.92. The smallest absolute Gasteiger partial charge is 0.407 e. The molecular formula is C28H22N2O6. The fraction of sp³-hybridized carbons (Fsp3) is 0.214. The normalized spacial score (nSPS) is 19.4. The van der Waals surface area contributed by atoms with E-state index in [0.29, 0.717) is 11.5 Å². The van der Waals surface area contributed by atoms with E-state index in [1.807, 2.05) is 24.3 Å². The van der Waals surface area contributed by atoms with E-state index in [2.05, 4.69) is 29.6 Å². The van der Waals surface area contributed by atoms with Crippen LogP contribution in [0.3, 0.4) is 0 Å². The third kappa shape index (κ3) is 3.71. The number of fused-ring (bicyclic) bond motifs is 4. The van der Waals surface area contributed by atoms with Gasteiger partial charge in [-0.15, -0.1) is 0 Å². The molecule has 1 saturated carbocycles. The highest BCUT2D eigenvalue weighted by Gasteiger charge is 2.47. The summed E-state index contributed by atoms with van der Waals surface area (Å²) in [6.45, 7) is 0.439. The Kier molecular flexibility index (Phi) is 5.29. The van der Waals surface area contributed by atoms with E-state index in [1.54, 1.807) is 12.1 Å². The fourth-order valence-corrected chi connectivity index (χ4v) is 5.03. The van der Waals surface area contributed by atoms with Crippen molar-refractivity contribution in [3.05, 3.63) is 95.1 Å². The van der Waals surface area contributed by atoms with Crippen LogP contribution in [-0.4, -0.2) is 42.1 Å². The minimum Gasteiger partial charge on any atom is -0.449 e. The van der Waals surface area contributed by atoms with E-state index in [0.717, 1.165) is 22.3 Å². The van der Waals surface area contributed by atoms with Crippen molar-refractivity contribution in [3.8, 4) is 11.1 Å². The van der Waals surface area contributed by atoms with Crippen LogP contribution in [0, 0.1) is 11.8 Å². The van der Waals surface area contributed by atoms with Crippen molar-refractivity contribution in [2.45, 2.75) is 12.3 Å². The van der Waals surface area contributed by atoms with Crippen LogP contribution >= 0.6 is 0 Å². The number of hydrogen-bond donors (Lipinski definition) is 1. The van der Waals surface area contributed by atoms with E-state index in [9.17, 15) is 19.2 Å². The van der Waals surface area contributed by atoms with Gasteiger partial charge in [-0.05, 0) is 46.7 Å². The Balaban J connectivity index is 0.994. The first kappa shape index (κ1) is 22.0. The lowest BCUT2D eigenvalue weighted by Gasteiger charge is -2.15. The molecule has 0 unspecified atom stereocenters. The number of nitrogens with zero attached hydrogens (tertiary/aromatic N) is 1. The van der Waals surface area contributed by atoms with E-state index in [-0.39, 0.29) is 36.1 Å². The molecule has 2 aliphatic carbocycles. The number of benzene rings is 3. The zero-order valence-corrected chi connectivity index (χ0v) is 19.2. The van der Waals surface area contributed by atoms with Crippen molar-refractivity contribution in [1.82, 2.24) is 10.4 Å². The van der Waals surface area contributed by atoms with Gasteiger partial charge < -0.3 is 14.9 Å². The molecule has 3 amide bonds. The highest BCUT2D eigenvalue weighted by molar-refractivity contribution is 6.20. The van der Waals surface area contributed by atoms with Crippen molar-refractivity contribution in [2.75, 3.05) is 13.2 Å². The van der Waals surface area contributed by atoms with E-state index in [4.69, 9.17) is 9.57 Å². The minimum absolute atomic E-state index is 0.0357. The Labute approximate surface area is 206 Å². The van der Waals surface area contributed by atoms with Crippen LogP contribution in [-0.2, 0) is 14.4 Å². The molecule has 3 aromatic carbocycles. The van der Waals surface area contributed by atoms with Gasteiger partial charge in [0.15, 0.2) is 0 Å².